The first kappa shape index (κ1) is 15.4. The molecule has 0 saturated heterocycles. The number of carbonyl (C=O) groups is 1. The van der Waals surface area contributed by atoms with E-state index in [1.807, 2.05) is 6.07 Å². The van der Waals surface area contributed by atoms with Gasteiger partial charge in [-0.05, 0) is 29.8 Å². The summed E-state index contributed by atoms with van der Waals surface area (Å²) in [4.78, 5) is 13.3. The van der Waals surface area contributed by atoms with Gasteiger partial charge < -0.3 is 10.2 Å². The zero-order valence-electron chi connectivity index (χ0n) is 11.8. The lowest BCUT2D eigenvalue weighted by Gasteiger charge is -2.18. The highest BCUT2D eigenvalue weighted by Gasteiger charge is 2.11. The van der Waals surface area contributed by atoms with Crippen LogP contribution in [-0.2, 0) is 6.54 Å². The molecule has 2 amide bonds. The largest absolute Gasteiger partial charge is 0.323 e. The van der Waals surface area contributed by atoms with Gasteiger partial charge in [-0.3, -0.25) is 0 Å². The van der Waals surface area contributed by atoms with Crippen molar-refractivity contribution in [1.29, 1.82) is 5.26 Å². The second kappa shape index (κ2) is 6.68. The van der Waals surface area contributed by atoms with Crippen molar-refractivity contribution in [1.82, 2.24) is 4.90 Å². The van der Waals surface area contributed by atoms with Gasteiger partial charge in [0, 0.05) is 25.3 Å². The average Bonchev–Trinajstić information content (AvgIpc) is 2.46. The second-order valence-electron chi connectivity index (χ2n) is 4.76. The van der Waals surface area contributed by atoms with Crippen molar-refractivity contribution in [2.24, 2.45) is 0 Å². The molecule has 2 aromatic rings. The molecular weight excluding hydrogens is 288 g/mol. The average molecular weight is 301 g/mol. The smallest absolute Gasteiger partial charge is 0.321 e. The van der Waals surface area contributed by atoms with Crippen LogP contribution in [0.3, 0.4) is 0 Å². The van der Waals surface area contributed by atoms with E-state index >= 15 is 0 Å². The van der Waals surface area contributed by atoms with E-state index in [1.165, 1.54) is 4.90 Å². The fourth-order valence-electron chi connectivity index (χ4n) is 1.93. The Morgan fingerprint density at radius 3 is 2.55 bits per heavy atom. The molecular formula is C16H13F2N3O. The van der Waals surface area contributed by atoms with E-state index < -0.39 is 17.7 Å². The van der Waals surface area contributed by atoms with Crippen molar-refractivity contribution < 1.29 is 13.6 Å². The Balaban J connectivity index is 2.04. The Morgan fingerprint density at radius 1 is 1.23 bits per heavy atom. The minimum Gasteiger partial charge on any atom is -0.323 e. The number of rotatable bonds is 3. The Labute approximate surface area is 126 Å². The first-order valence-corrected chi connectivity index (χ1v) is 6.45. The molecule has 0 unspecified atom stereocenters. The van der Waals surface area contributed by atoms with Crippen LogP contribution in [-0.4, -0.2) is 18.0 Å². The van der Waals surface area contributed by atoms with Crippen molar-refractivity contribution >= 4 is 11.7 Å². The van der Waals surface area contributed by atoms with Crippen molar-refractivity contribution in [3.8, 4) is 6.07 Å². The highest BCUT2D eigenvalue weighted by molar-refractivity contribution is 5.89. The van der Waals surface area contributed by atoms with Gasteiger partial charge >= 0.3 is 6.03 Å². The molecule has 6 heteroatoms. The van der Waals surface area contributed by atoms with Crippen LogP contribution in [0.1, 0.15) is 11.1 Å². The van der Waals surface area contributed by atoms with E-state index in [2.05, 4.69) is 5.32 Å². The minimum atomic E-state index is -0.764. The topological polar surface area (TPSA) is 56.1 Å². The van der Waals surface area contributed by atoms with Crippen LogP contribution in [0.4, 0.5) is 19.3 Å². The Morgan fingerprint density at radius 2 is 1.91 bits per heavy atom. The fraction of sp³-hybridized carbons (Fsp3) is 0.125. The Kier molecular flexibility index (Phi) is 4.69. The van der Waals surface area contributed by atoms with Gasteiger partial charge in [0.1, 0.15) is 11.6 Å². The third kappa shape index (κ3) is 4.03. The SMILES string of the molecule is CN(Cc1cccc(C#N)c1)C(=O)Nc1cc(F)cc(F)c1. The van der Waals surface area contributed by atoms with E-state index in [1.54, 1.807) is 31.3 Å². The van der Waals surface area contributed by atoms with Crippen molar-refractivity contribution in [3.05, 3.63) is 65.2 Å². The number of carbonyl (C=O) groups excluding carboxylic acids is 1. The summed E-state index contributed by atoms with van der Waals surface area (Å²) >= 11 is 0. The summed E-state index contributed by atoms with van der Waals surface area (Å²) in [5.74, 6) is -1.53. The Hall–Kier alpha value is -2.94. The molecule has 0 spiro atoms. The van der Waals surface area contributed by atoms with Gasteiger partial charge in [0.15, 0.2) is 0 Å². The summed E-state index contributed by atoms with van der Waals surface area (Å²) in [7, 11) is 1.55. The number of hydrogen-bond donors (Lipinski definition) is 1. The number of nitriles is 1. The van der Waals surface area contributed by atoms with Crippen molar-refractivity contribution in [2.75, 3.05) is 12.4 Å². The lowest BCUT2D eigenvalue weighted by atomic mass is 10.1. The third-order valence-electron chi connectivity index (χ3n) is 2.94. The van der Waals surface area contributed by atoms with Gasteiger partial charge in [-0.15, -0.1) is 0 Å². The van der Waals surface area contributed by atoms with E-state index in [0.717, 1.165) is 23.8 Å². The molecule has 0 heterocycles. The second-order valence-corrected chi connectivity index (χ2v) is 4.76. The van der Waals surface area contributed by atoms with Crippen LogP contribution in [0.25, 0.3) is 0 Å². The maximum atomic E-state index is 13.1. The quantitative estimate of drug-likeness (QED) is 0.943. The summed E-state index contributed by atoms with van der Waals surface area (Å²) in [6.07, 6.45) is 0. The molecule has 4 nitrogen and oxygen atoms in total. The van der Waals surface area contributed by atoms with Crippen LogP contribution < -0.4 is 5.32 Å². The van der Waals surface area contributed by atoms with Gasteiger partial charge in [-0.1, -0.05) is 12.1 Å². The first-order valence-electron chi connectivity index (χ1n) is 6.45. The molecule has 0 atom stereocenters. The third-order valence-corrected chi connectivity index (χ3v) is 2.94. The molecule has 0 aliphatic carbocycles. The molecule has 2 rings (SSSR count). The first-order chi connectivity index (χ1) is 10.5. The number of amides is 2. The molecule has 2 aromatic carbocycles. The minimum absolute atomic E-state index is 0.0418. The van der Waals surface area contributed by atoms with Gasteiger partial charge in [0.25, 0.3) is 0 Å². The summed E-state index contributed by atoms with van der Waals surface area (Å²) in [6.45, 7) is 0.263. The Bertz CT molecular complexity index is 720. The van der Waals surface area contributed by atoms with Gasteiger partial charge in [0.2, 0.25) is 0 Å². The highest BCUT2D eigenvalue weighted by Crippen LogP contribution is 2.14. The lowest BCUT2D eigenvalue weighted by Crippen LogP contribution is -2.30. The van der Waals surface area contributed by atoms with Crippen LogP contribution in [0, 0.1) is 23.0 Å². The number of anilines is 1. The standard InChI is InChI=1S/C16H13F2N3O/c1-21(10-12-4-2-3-11(5-12)9-19)16(22)20-15-7-13(17)6-14(18)8-15/h2-8H,10H2,1H3,(H,20,22). The molecule has 0 radical (unpaired) electrons. The van der Waals surface area contributed by atoms with E-state index in [4.69, 9.17) is 5.26 Å². The van der Waals surface area contributed by atoms with E-state index in [0.29, 0.717) is 5.56 Å². The molecule has 112 valence electrons. The van der Waals surface area contributed by atoms with Crippen LogP contribution in [0.2, 0.25) is 0 Å². The van der Waals surface area contributed by atoms with Crippen molar-refractivity contribution in [3.63, 3.8) is 0 Å². The molecule has 0 aliphatic heterocycles. The lowest BCUT2D eigenvalue weighted by molar-refractivity contribution is 0.220. The number of nitrogens with one attached hydrogen (secondary N) is 1. The maximum Gasteiger partial charge on any atom is 0.321 e. The number of urea groups is 1. The van der Waals surface area contributed by atoms with Crippen LogP contribution in [0.15, 0.2) is 42.5 Å². The molecule has 0 saturated carbocycles. The van der Waals surface area contributed by atoms with Gasteiger partial charge in [-0.25, -0.2) is 13.6 Å². The maximum absolute atomic E-state index is 13.1. The zero-order valence-corrected chi connectivity index (χ0v) is 11.8. The molecule has 0 bridgehead atoms. The number of nitrogens with zero attached hydrogens (tertiary/aromatic N) is 2. The highest BCUT2D eigenvalue weighted by atomic mass is 19.1. The fourth-order valence-corrected chi connectivity index (χ4v) is 1.93. The predicted octanol–water partition coefficient (Wildman–Crippen LogP) is 3.50. The number of hydrogen-bond acceptors (Lipinski definition) is 2. The van der Waals surface area contributed by atoms with E-state index in [-0.39, 0.29) is 12.2 Å². The molecule has 0 aliphatic rings. The predicted molar refractivity (Wildman–Crippen MR) is 78.0 cm³/mol. The number of benzene rings is 2. The van der Waals surface area contributed by atoms with Gasteiger partial charge in [-0.2, -0.15) is 5.26 Å². The molecule has 22 heavy (non-hydrogen) atoms. The summed E-state index contributed by atoms with van der Waals surface area (Å²) in [6, 6.07) is 11.2. The van der Waals surface area contributed by atoms with Gasteiger partial charge in [0.05, 0.1) is 11.6 Å². The zero-order chi connectivity index (χ0) is 16.1. The molecule has 0 aromatic heterocycles. The van der Waals surface area contributed by atoms with E-state index in [9.17, 15) is 13.6 Å². The number of halogens is 2. The molecule has 0 fully saturated rings. The normalized spacial score (nSPS) is 9.91. The van der Waals surface area contributed by atoms with Crippen LogP contribution >= 0.6 is 0 Å². The van der Waals surface area contributed by atoms with Crippen molar-refractivity contribution in [2.45, 2.75) is 6.54 Å². The summed E-state index contributed by atoms with van der Waals surface area (Å²) < 4.78 is 26.1. The monoisotopic (exact) mass is 301 g/mol. The summed E-state index contributed by atoms with van der Waals surface area (Å²) in [5.41, 5.74) is 1.32. The van der Waals surface area contributed by atoms with Crippen LogP contribution in [0.5, 0.6) is 0 Å². The summed E-state index contributed by atoms with van der Waals surface area (Å²) in [5, 5.41) is 11.3. The molecule has 1 N–H and O–H groups in total.